The number of imidazole rings is 1. The highest BCUT2D eigenvalue weighted by molar-refractivity contribution is 5.87. The molecule has 0 bridgehead atoms. The van der Waals surface area contributed by atoms with Crippen LogP contribution in [0.4, 0.5) is 0 Å². The maximum atomic E-state index is 10.9. The van der Waals surface area contributed by atoms with Gasteiger partial charge in [-0.1, -0.05) is 24.3 Å². The van der Waals surface area contributed by atoms with Crippen LogP contribution in [0.1, 0.15) is 28.7 Å². The van der Waals surface area contributed by atoms with Gasteiger partial charge in [0.1, 0.15) is 5.82 Å². The van der Waals surface area contributed by atoms with Crippen molar-refractivity contribution >= 4 is 17.0 Å². The molecule has 0 spiro atoms. The number of aromatic carboxylic acids is 1. The number of para-hydroxylation sites is 2. The molecule has 0 radical (unpaired) electrons. The average molecular weight is 280 g/mol. The van der Waals surface area contributed by atoms with Crippen LogP contribution in [0, 0.1) is 0 Å². The number of benzene rings is 2. The first-order valence-electron chi connectivity index (χ1n) is 6.95. The van der Waals surface area contributed by atoms with Gasteiger partial charge in [-0.15, -0.1) is 0 Å². The van der Waals surface area contributed by atoms with Crippen molar-refractivity contribution in [2.45, 2.75) is 19.9 Å². The number of hydrogen-bond donors (Lipinski definition) is 1. The Morgan fingerprint density at radius 2 is 1.86 bits per heavy atom. The van der Waals surface area contributed by atoms with E-state index in [0.29, 0.717) is 12.0 Å². The molecule has 0 saturated heterocycles. The van der Waals surface area contributed by atoms with Crippen LogP contribution >= 0.6 is 0 Å². The molecule has 0 aliphatic heterocycles. The normalized spacial score (nSPS) is 10.9. The van der Waals surface area contributed by atoms with Gasteiger partial charge >= 0.3 is 5.97 Å². The molecule has 0 unspecified atom stereocenters. The summed E-state index contributed by atoms with van der Waals surface area (Å²) in [6, 6.07) is 15.1. The first-order chi connectivity index (χ1) is 10.2. The van der Waals surface area contributed by atoms with Crippen LogP contribution in [0.2, 0.25) is 0 Å². The summed E-state index contributed by atoms with van der Waals surface area (Å²) in [4.78, 5) is 15.6. The molecule has 0 fully saturated rings. The Bertz CT molecular complexity index is 788. The Kier molecular flexibility index (Phi) is 3.44. The number of fused-ring (bicyclic) bond motifs is 1. The van der Waals surface area contributed by atoms with Crippen LogP contribution in [0.25, 0.3) is 11.0 Å². The number of rotatable bonds is 4. The van der Waals surface area contributed by atoms with E-state index < -0.39 is 5.97 Å². The molecule has 1 heterocycles. The smallest absolute Gasteiger partial charge is 0.335 e. The van der Waals surface area contributed by atoms with Crippen LogP contribution in [-0.2, 0) is 13.0 Å². The summed E-state index contributed by atoms with van der Waals surface area (Å²) in [5.74, 6) is 0.101. The second-order valence-electron chi connectivity index (χ2n) is 4.94. The van der Waals surface area contributed by atoms with Crippen molar-refractivity contribution in [1.82, 2.24) is 9.55 Å². The molecule has 0 atom stereocenters. The molecule has 4 nitrogen and oxygen atoms in total. The predicted molar refractivity (Wildman–Crippen MR) is 81.6 cm³/mol. The predicted octanol–water partition coefficient (Wildman–Crippen LogP) is 3.35. The summed E-state index contributed by atoms with van der Waals surface area (Å²) >= 11 is 0. The maximum Gasteiger partial charge on any atom is 0.335 e. The molecule has 4 heteroatoms. The zero-order valence-electron chi connectivity index (χ0n) is 11.8. The molecule has 1 aromatic heterocycles. The van der Waals surface area contributed by atoms with Gasteiger partial charge in [-0.05, 0) is 36.8 Å². The van der Waals surface area contributed by atoms with E-state index in [1.165, 1.54) is 0 Å². The minimum atomic E-state index is -0.901. The van der Waals surface area contributed by atoms with Crippen molar-refractivity contribution in [3.05, 3.63) is 65.5 Å². The van der Waals surface area contributed by atoms with Crippen LogP contribution in [0.5, 0.6) is 0 Å². The number of aromatic nitrogens is 2. The highest BCUT2D eigenvalue weighted by atomic mass is 16.4. The van der Waals surface area contributed by atoms with Crippen molar-refractivity contribution in [3.8, 4) is 0 Å². The van der Waals surface area contributed by atoms with Crippen LogP contribution in [-0.4, -0.2) is 20.6 Å². The molecule has 0 aliphatic rings. The summed E-state index contributed by atoms with van der Waals surface area (Å²) in [6.45, 7) is 2.97. The van der Waals surface area contributed by atoms with E-state index in [4.69, 9.17) is 5.11 Å². The van der Waals surface area contributed by atoms with Gasteiger partial charge in [-0.25, -0.2) is 9.78 Å². The third kappa shape index (κ3) is 2.52. The summed E-state index contributed by atoms with van der Waals surface area (Å²) in [5, 5.41) is 8.93. The Morgan fingerprint density at radius 1 is 1.14 bits per heavy atom. The van der Waals surface area contributed by atoms with E-state index in [-0.39, 0.29) is 0 Å². The Morgan fingerprint density at radius 3 is 2.52 bits per heavy atom. The fourth-order valence-electron chi connectivity index (χ4n) is 2.56. The molecule has 1 N–H and O–H groups in total. The Labute approximate surface area is 122 Å². The lowest BCUT2D eigenvalue weighted by molar-refractivity contribution is 0.0697. The Balaban J connectivity index is 1.95. The number of nitrogens with zero attached hydrogens (tertiary/aromatic N) is 2. The summed E-state index contributed by atoms with van der Waals surface area (Å²) < 4.78 is 2.19. The monoisotopic (exact) mass is 280 g/mol. The molecular formula is C17H16N2O2. The van der Waals surface area contributed by atoms with E-state index in [9.17, 15) is 4.79 Å². The standard InChI is InChI=1S/C17H16N2O2/c1-2-19-15-6-4-3-5-14(15)18-16(19)11-12-7-9-13(10-8-12)17(20)21/h3-10H,2,11H2,1H3,(H,20,21). The summed E-state index contributed by atoms with van der Waals surface area (Å²) in [7, 11) is 0. The average Bonchev–Trinajstić information content (AvgIpc) is 2.84. The quantitative estimate of drug-likeness (QED) is 0.797. The molecule has 106 valence electrons. The SMILES string of the molecule is CCn1c(Cc2ccc(C(=O)O)cc2)nc2ccccc21. The molecule has 3 rings (SSSR count). The van der Waals surface area contributed by atoms with Gasteiger partial charge in [0, 0.05) is 13.0 Å². The molecular weight excluding hydrogens is 264 g/mol. The minimum absolute atomic E-state index is 0.308. The number of carboxylic acid groups (broad SMARTS) is 1. The molecule has 0 saturated carbocycles. The second kappa shape index (κ2) is 5.40. The first kappa shape index (κ1) is 13.4. The van der Waals surface area contributed by atoms with E-state index in [1.807, 2.05) is 30.3 Å². The number of aryl methyl sites for hydroxylation is 1. The van der Waals surface area contributed by atoms with Gasteiger partial charge in [0.05, 0.1) is 16.6 Å². The fraction of sp³-hybridized carbons (Fsp3) is 0.176. The van der Waals surface area contributed by atoms with Gasteiger partial charge in [0.2, 0.25) is 0 Å². The largest absolute Gasteiger partial charge is 0.478 e. The number of carbonyl (C=O) groups is 1. The lowest BCUT2D eigenvalue weighted by atomic mass is 10.1. The van der Waals surface area contributed by atoms with Crippen LogP contribution < -0.4 is 0 Å². The van der Waals surface area contributed by atoms with Gasteiger partial charge in [-0.3, -0.25) is 0 Å². The topological polar surface area (TPSA) is 55.1 Å². The Hall–Kier alpha value is -2.62. The van der Waals surface area contributed by atoms with Gasteiger partial charge < -0.3 is 9.67 Å². The molecule has 3 aromatic rings. The minimum Gasteiger partial charge on any atom is -0.478 e. The third-order valence-electron chi connectivity index (χ3n) is 3.61. The maximum absolute atomic E-state index is 10.9. The summed E-state index contributed by atoms with van der Waals surface area (Å²) in [5.41, 5.74) is 3.50. The lowest BCUT2D eigenvalue weighted by Gasteiger charge is -2.06. The highest BCUT2D eigenvalue weighted by Gasteiger charge is 2.10. The van der Waals surface area contributed by atoms with Crippen molar-refractivity contribution in [3.63, 3.8) is 0 Å². The third-order valence-corrected chi connectivity index (χ3v) is 3.61. The summed E-state index contributed by atoms with van der Waals surface area (Å²) in [6.07, 6.45) is 0.697. The van der Waals surface area contributed by atoms with Crippen molar-refractivity contribution in [2.24, 2.45) is 0 Å². The van der Waals surface area contributed by atoms with E-state index in [0.717, 1.165) is 29.0 Å². The van der Waals surface area contributed by atoms with Crippen LogP contribution in [0.15, 0.2) is 48.5 Å². The lowest BCUT2D eigenvalue weighted by Crippen LogP contribution is -2.03. The van der Waals surface area contributed by atoms with Gasteiger partial charge in [0.15, 0.2) is 0 Å². The van der Waals surface area contributed by atoms with Gasteiger partial charge in [-0.2, -0.15) is 0 Å². The first-order valence-corrected chi connectivity index (χ1v) is 6.95. The number of hydrogen-bond acceptors (Lipinski definition) is 2. The molecule has 2 aromatic carbocycles. The highest BCUT2D eigenvalue weighted by Crippen LogP contribution is 2.18. The zero-order valence-corrected chi connectivity index (χ0v) is 11.8. The molecule has 21 heavy (non-hydrogen) atoms. The fourth-order valence-corrected chi connectivity index (χ4v) is 2.56. The second-order valence-corrected chi connectivity index (χ2v) is 4.94. The van der Waals surface area contributed by atoms with E-state index >= 15 is 0 Å². The van der Waals surface area contributed by atoms with Crippen LogP contribution in [0.3, 0.4) is 0 Å². The van der Waals surface area contributed by atoms with E-state index in [1.54, 1.807) is 12.1 Å². The van der Waals surface area contributed by atoms with Crippen molar-refractivity contribution < 1.29 is 9.90 Å². The van der Waals surface area contributed by atoms with Crippen molar-refractivity contribution in [1.29, 1.82) is 0 Å². The molecule has 0 aliphatic carbocycles. The van der Waals surface area contributed by atoms with Crippen molar-refractivity contribution in [2.75, 3.05) is 0 Å². The molecule has 0 amide bonds. The van der Waals surface area contributed by atoms with Gasteiger partial charge in [0.25, 0.3) is 0 Å². The number of carboxylic acids is 1. The zero-order chi connectivity index (χ0) is 14.8. The van der Waals surface area contributed by atoms with E-state index in [2.05, 4.69) is 22.5 Å².